The second-order valence-electron chi connectivity index (χ2n) is 5.01. The van der Waals surface area contributed by atoms with Crippen LogP contribution in [0.2, 0.25) is 0 Å². The smallest absolute Gasteiger partial charge is 0.236 e. The van der Waals surface area contributed by atoms with Gasteiger partial charge in [0.15, 0.2) is 0 Å². The SMILES string of the molecule is CN(CC(=O)N1CCCC1)Cc1cccc(N)c1. The van der Waals surface area contributed by atoms with Crippen LogP contribution in [0.5, 0.6) is 0 Å². The minimum Gasteiger partial charge on any atom is -0.399 e. The molecule has 0 atom stereocenters. The van der Waals surface area contributed by atoms with E-state index in [4.69, 9.17) is 5.73 Å². The van der Waals surface area contributed by atoms with Gasteiger partial charge < -0.3 is 10.6 Å². The van der Waals surface area contributed by atoms with E-state index < -0.39 is 0 Å². The first-order chi connectivity index (χ1) is 8.65. The van der Waals surface area contributed by atoms with Crippen LogP contribution < -0.4 is 5.73 Å². The van der Waals surface area contributed by atoms with Crippen molar-refractivity contribution in [2.24, 2.45) is 0 Å². The summed E-state index contributed by atoms with van der Waals surface area (Å²) in [7, 11) is 1.97. The van der Waals surface area contributed by atoms with Crippen LogP contribution in [0.25, 0.3) is 0 Å². The van der Waals surface area contributed by atoms with Crippen LogP contribution in [0.1, 0.15) is 18.4 Å². The van der Waals surface area contributed by atoms with Gasteiger partial charge in [-0.3, -0.25) is 9.69 Å². The van der Waals surface area contributed by atoms with Gasteiger partial charge >= 0.3 is 0 Å². The molecule has 2 N–H and O–H groups in total. The average molecular weight is 247 g/mol. The first kappa shape index (κ1) is 12.9. The van der Waals surface area contributed by atoms with Crippen molar-refractivity contribution < 1.29 is 4.79 Å². The number of carbonyl (C=O) groups is 1. The van der Waals surface area contributed by atoms with Crippen molar-refractivity contribution in [2.45, 2.75) is 19.4 Å². The van der Waals surface area contributed by atoms with Gasteiger partial charge in [0.1, 0.15) is 0 Å². The number of hydrogen-bond donors (Lipinski definition) is 1. The zero-order valence-electron chi connectivity index (χ0n) is 10.9. The van der Waals surface area contributed by atoms with E-state index in [9.17, 15) is 4.79 Å². The molecule has 0 aliphatic carbocycles. The van der Waals surface area contributed by atoms with Crippen LogP contribution in [-0.2, 0) is 11.3 Å². The quantitative estimate of drug-likeness (QED) is 0.816. The number of likely N-dealkylation sites (tertiary alicyclic amines) is 1. The lowest BCUT2D eigenvalue weighted by molar-refractivity contribution is -0.131. The molecule has 0 aromatic heterocycles. The summed E-state index contributed by atoms with van der Waals surface area (Å²) in [6, 6.07) is 7.81. The topological polar surface area (TPSA) is 49.6 Å². The third kappa shape index (κ3) is 3.47. The third-order valence-electron chi connectivity index (χ3n) is 3.27. The number of nitrogens with zero attached hydrogens (tertiary/aromatic N) is 2. The molecule has 0 bridgehead atoms. The number of amides is 1. The van der Waals surface area contributed by atoms with Crippen molar-refractivity contribution in [3.63, 3.8) is 0 Å². The Morgan fingerprint density at radius 1 is 1.39 bits per heavy atom. The molecule has 0 unspecified atom stereocenters. The molecule has 4 heteroatoms. The Hall–Kier alpha value is -1.55. The van der Waals surface area contributed by atoms with Crippen LogP contribution >= 0.6 is 0 Å². The lowest BCUT2D eigenvalue weighted by Gasteiger charge is -2.21. The number of nitrogens with two attached hydrogens (primary N) is 1. The lowest BCUT2D eigenvalue weighted by atomic mass is 10.2. The van der Waals surface area contributed by atoms with Gasteiger partial charge in [-0.05, 0) is 37.6 Å². The predicted molar refractivity (Wildman–Crippen MR) is 73.0 cm³/mol. The van der Waals surface area contributed by atoms with Gasteiger partial charge in [0.05, 0.1) is 6.54 Å². The summed E-state index contributed by atoms with van der Waals surface area (Å²) in [5.74, 6) is 0.235. The Morgan fingerprint density at radius 2 is 2.11 bits per heavy atom. The van der Waals surface area contributed by atoms with Gasteiger partial charge in [0.25, 0.3) is 0 Å². The first-order valence-electron chi connectivity index (χ1n) is 6.46. The molecule has 1 aromatic rings. The Balaban J connectivity index is 1.84. The second-order valence-corrected chi connectivity index (χ2v) is 5.01. The molecular weight excluding hydrogens is 226 g/mol. The van der Waals surface area contributed by atoms with Gasteiger partial charge in [-0.1, -0.05) is 12.1 Å². The molecule has 1 aliphatic heterocycles. The fourth-order valence-electron chi connectivity index (χ4n) is 2.36. The molecule has 1 saturated heterocycles. The van der Waals surface area contributed by atoms with Gasteiger partial charge in [0, 0.05) is 25.3 Å². The Kier molecular flexibility index (Phi) is 4.20. The number of nitrogen functional groups attached to an aromatic ring is 1. The number of anilines is 1. The summed E-state index contributed by atoms with van der Waals surface area (Å²) in [5.41, 5.74) is 7.66. The molecule has 1 amide bonds. The fourth-order valence-corrected chi connectivity index (χ4v) is 2.36. The highest BCUT2D eigenvalue weighted by Crippen LogP contribution is 2.10. The molecule has 98 valence electrons. The molecular formula is C14H21N3O. The van der Waals surface area contributed by atoms with Crippen molar-refractivity contribution in [1.82, 2.24) is 9.80 Å². The van der Waals surface area contributed by atoms with E-state index in [-0.39, 0.29) is 5.91 Å². The normalized spacial score (nSPS) is 15.3. The van der Waals surface area contributed by atoms with E-state index in [1.165, 1.54) is 0 Å². The van der Waals surface area contributed by atoms with Gasteiger partial charge in [0.2, 0.25) is 5.91 Å². The minimum absolute atomic E-state index is 0.235. The fraction of sp³-hybridized carbons (Fsp3) is 0.500. The van der Waals surface area contributed by atoms with Gasteiger partial charge in [-0.15, -0.1) is 0 Å². The summed E-state index contributed by atoms with van der Waals surface area (Å²) in [5, 5.41) is 0. The van der Waals surface area contributed by atoms with Crippen LogP contribution in [0, 0.1) is 0 Å². The molecule has 1 heterocycles. The molecule has 0 radical (unpaired) electrons. The number of rotatable bonds is 4. The number of carbonyl (C=O) groups excluding carboxylic acids is 1. The van der Waals surface area contributed by atoms with E-state index in [2.05, 4.69) is 0 Å². The third-order valence-corrected chi connectivity index (χ3v) is 3.27. The highest BCUT2D eigenvalue weighted by Gasteiger charge is 2.18. The highest BCUT2D eigenvalue weighted by molar-refractivity contribution is 5.78. The van der Waals surface area contributed by atoms with Crippen LogP contribution in [0.15, 0.2) is 24.3 Å². The van der Waals surface area contributed by atoms with Crippen molar-refractivity contribution >= 4 is 11.6 Å². The standard InChI is InChI=1S/C14H21N3O/c1-16(10-12-5-4-6-13(15)9-12)11-14(18)17-7-2-3-8-17/h4-6,9H,2-3,7-8,10-11,15H2,1H3. The largest absolute Gasteiger partial charge is 0.399 e. The molecule has 1 aliphatic rings. The minimum atomic E-state index is 0.235. The Labute approximate surface area is 108 Å². The van der Waals surface area contributed by atoms with Crippen LogP contribution in [0.4, 0.5) is 5.69 Å². The van der Waals surface area contributed by atoms with Crippen LogP contribution in [-0.4, -0.2) is 42.4 Å². The van der Waals surface area contributed by atoms with Gasteiger partial charge in [-0.25, -0.2) is 0 Å². The van der Waals surface area contributed by atoms with Crippen LogP contribution in [0.3, 0.4) is 0 Å². The molecule has 18 heavy (non-hydrogen) atoms. The number of likely N-dealkylation sites (N-methyl/N-ethyl adjacent to an activating group) is 1. The summed E-state index contributed by atoms with van der Waals surface area (Å²) in [6.07, 6.45) is 2.29. The van der Waals surface area contributed by atoms with E-state index in [0.29, 0.717) is 6.54 Å². The highest BCUT2D eigenvalue weighted by atomic mass is 16.2. The predicted octanol–water partition coefficient (Wildman–Crippen LogP) is 1.32. The molecule has 1 aromatic carbocycles. The average Bonchev–Trinajstić information content (AvgIpc) is 2.81. The summed E-state index contributed by atoms with van der Waals surface area (Å²) in [4.78, 5) is 16.0. The maximum atomic E-state index is 12.0. The second kappa shape index (κ2) is 5.87. The van der Waals surface area contributed by atoms with Crippen molar-refractivity contribution in [1.29, 1.82) is 0 Å². The van der Waals surface area contributed by atoms with Crippen molar-refractivity contribution in [3.05, 3.63) is 29.8 Å². The van der Waals surface area contributed by atoms with E-state index >= 15 is 0 Å². The number of hydrogen-bond acceptors (Lipinski definition) is 3. The summed E-state index contributed by atoms with van der Waals surface area (Å²) >= 11 is 0. The van der Waals surface area contributed by atoms with Crippen molar-refractivity contribution in [2.75, 3.05) is 32.4 Å². The zero-order valence-corrected chi connectivity index (χ0v) is 10.9. The molecule has 0 spiro atoms. The molecule has 4 nitrogen and oxygen atoms in total. The molecule has 0 saturated carbocycles. The zero-order chi connectivity index (χ0) is 13.0. The maximum Gasteiger partial charge on any atom is 0.236 e. The van der Waals surface area contributed by atoms with E-state index in [0.717, 1.165) is 43.7 Å². The lowest BCUT2D eigenvalue weighted by Crippen LogP contribution is -2.36. The summed E-state index contributed by atoms with van der Waals surface area (Å²) in [6.45, 7) is 3.08. The summed E-state index contributed by atoms with van der Waals surface area (Å²) < 4.78 is 0. The molecule has 1 fully saturated rings. The molecule has 2 rings (SSSR count). The Bertz CT molecular complexity index is 413. The monoisotopic (exact) mass is 247 g/mol. The van der Waals surface area contributed by atoms with E-state index in [1.807, 2.05) is 41.1 Å². The van der Waals surface area contributed by atoms with E-state index in [1.54, 1.807) is 0 Å². The maximum absolute atomic E-state index is 12.0. The van der Waals surface area contributed by atoms with Gasteiger partial charge in [-0.2, -0.15) is 0 Å². The number of benzene rings is 1. The van der Waals surface area contributed by atoms with Crippen molar-refractivity contribution in [3.8, 4) is 0 Å². The first-order valence-corrected chi connectivity index (χ1v) is 6.46. The Morgan fingerprint density at radius 3 is 2.78 bits per heavy atom.